The highest BCUT2D eigenvalue weighted by Crippen LogP contribution is 2.26. The molecule has 2 heterocycles. The van der Waals surface area contributed by atoms with Crippen LogP contribution in [0.4, 0.5) is 5.82 Å². The van der Waals surface area contributed by atoms with Gasteiger partial charge < -0.3 is 10.3 Å². The first-order chi connectivity index (χ1) is 9.54. The molecule has 0 aliphatic carbocycles. The van der Waals surface area contributed by atoms with Crippen LogP contribution in [-0.2, 0) is 0 Å². The van der Waals surface area contributed by atoms with Gasteiger partial charge in [-0.1, -0.05) is 6.07 Å². The second-order valence-electron chi connectivity index (χ2n) is 4.30. The number of hydrogen-bond donors (Lipinski definition) is 2. The van der Waals surface area contributed by atoms with Gasteiger partial charge in [0, 0.05) is 22.6 Å². The van der Waals surface area contributed by atoms with Crippen molar-refractivity contribution >= 4 is 39.0 Å². The monoisotopic (exact) mass is 354 g/mol. The molecule has 106 valence electrons. The number of hydrogen-bond acceptors (Lipinski definition) is 5. The molecule has 1 unspecified atom stereocenters. The quantitative estimate of drug-likeness (QED) is 0.653. The number of nitrogens with two attached hydrogens (primary N) is 1. The molecule has 2 aromatic heterocycles. The number of nitrogens with one attached hydrogen (secondary N) is 1. The molecule has 0 radical (unpaired) electrons. The number of carbonyl (C=O) groups is 1. The number of carbonyl (C=O) groups excluding carboxylic acids is 1. The third kappa shape index (κ3) is 3.00. The molecule has 2 aromatic rings. The van der Waals surface area contributed by atoms with Gasteiger partial charge in [0.15, 0.2) is 5.82 Å². The number of anilines is 1. The smallest absolute Gasteiger partial charge is 0.257 e. The Labute approximate surface area is 129 Å². The maximum atomic E-state index is 12.6. The topological polar surface area (TPSA) is 71.2 Å². The molecule has 5 nitrogen and oxygen atoms in total. The Balaban J connectivity index is 2.29. The summed E-state index contributed by atoms with van der Waals surface area (Å²) in [5, 5.41) is 2.00. The van der Waals surface area contributed by atoms with Gasteiger partial charge >= 0.3 is 0 Å². The molecule has 0 fully saturated rings. The molecule has 2 rings (SSSR count). The Hall–Kier alpha value is -1.44. The minimum Gasteiger partial charge on any atom is -0.334 e. The van der Waals surface area contributed by atoms with Gasteiger partial charge in [-0.25, -0.2) is 10.8 Å². The van der Waals surface area contributed by atoms with E-state index < -0.39 is 0 Å². The SMILES string of the molecule is CC(c1cccs1)N(C)C(=O)c1cc(Br)cnc1NN. The maximum absolute atomic E-state index is 12.6. The van der Waals surface area contributed by atoms with Crippen LogP contribution in [0.15, 0.2) is 34.2 Å². The molecular weight excluding hydrogens is 340 g/mol. The highest BCUT2D eigenvalue weighted by atomic mass is 79.9. The zero-order valence-corrected chi connectivity index (χ0v) is 13.5. The summed E-state index contributed by atoms with van der Waals surface area (Å²) in [5.74, 6) is 5.65. The second kappa shape index (κ2) is 6.34. The largest absolute Gasteiger partial charge is 0.334 e. The highest BCUT2D eigenvalue weighted by Gasteiger charge is 2.22. The molecule has 1 amide bonds. The van der Waals surface area contributed by atoms with Gasteiger partial charge in [-0.05, 0) is 40.4 Å². The Kier molecular flexibility index (Phi) is 4.74. The van der Waals surface area contributed by atoms with E-state index >= 15 is 0 Å². The Bertz CT molecular complexity index is 602. The molecule has 0 aliphatic heterocycles. The maximum Gasteiger partial charge on any atom is 0.257 e. The average molecular weight is 355 g/mol. The lowest BCUT2D eigenvalue weighted by Crippen LogP contribution is -2.30. The molecule has 3 N–H and O–H groups in total. The van der Waals surface area contributed by atoms with Crippen LogP contribution < -0.4 is 11.3 Å². The van der Waals surface area contributed by atoms with Crippen molar-refractivity contribution in [3.05, 3.63) is 44.7 Å². The number of thiophene rings is 1. The van der Waals surface area contributed by atoms with Crippen molar-refractivity contribution in [2.45, 2.75) is 13.0 Å². The highest BCUT2D eigenvalue weighted by molar-refractivity contribution is 9.10. The lowest BCUT2D eigenvalue weighted by Gasteiger charge is -2.24. The van der Waals surface area contributed by atoms with Gasteiger partial charge in [0.05, 0.1) is 11.6 Å². The number of pyridine rings is 1. The first-order valence-corrected chi connectivity index (χ1v) is 7.64. The Morgan fingerprint density at radius 1 is 1.60 bits per heavy atom. The molecule has 0 aromatic carbocycles. The van der Waals surface area contributed by atoms with E-state index in [0.29, 0.717) is 11.4 Å². The summed E-state index contributed by atoms with van der Waals surface area (Å²) in [6, 6.07) is 5.69. The number of nitrogens with zero attached hydrogens (tertiary/aromatic N) is 2. The third-order valence-electron chi connectivity index (χ3n) is 3.08. The van der Waals surface area contributed by atoms with E-state index in [1.807, 2.05) is 24.4 Å². The van der Waals surface area contributed by atoms with Crippen molar-refractivity contribution < 1.29 is 4.79 Å². The van der Waals surface area contributed by atoms with Crippen LogP contribution in [0.1, 0.15) is 28.2 Å². The third-order valence-corrected chi connectivity index (χ3v) is 4.55. The van der Waals surface area contributed by atoms with E-state index in [-0.39, 0.29) is 11.9 Å². The molecule has 0 bridgehead atoms. The van der Waals surface area contributed by atoms with E-state index in [9.17, 15) is 4.79 Å². The van der Waals surface area contributed by atoms with Crippen LogP contribution >= 0.6 is 27.3 Å². The average Bonchev–Trinajstić information content (AvgIpc) is 2.99. The van der Waals surface area contributed by atoms with E-state index in [2.05, 4.69) is 26.3 Å². The van der Waals surface area contributed by atoms with Crippen LogP contribution in [0.2, 0.25) is 0 Å². The van der Waals surface area contributed by atoms with Crippen molar-refractivity contribution in [2.24, 2.45) is 5.84 Å². The van der Waals surface area contributed by atoms with Gasteiger partial charge in [-0.3, -0.25) is 4.79 Å². The number of hydrazine groups is 1. The first kappa shape index (κ1) is 15.0. The predicted molar refractivity (Wildman–Crippen MR) is 84.6 cm³/mol. The predicted octanol–water partition coefficient (Wildman–Crippen LogP) is 3.02. The van der Waals surface area contributed by atoms with Crippen LogP contribution in [0.5, 0.6) is 0 Å². The molecular formula is C13H15BrN4OS. The molecule has 20 heavy (non-hydrogen) atoms. The number of aromatic nitrogens is 1. The Morgan fingerprint density at radius 2 is 2.35 bits per heavy atom. The number of rotatable bonds is 4. The lowest BCUT2D eigenvalue weighted by atomic mass is 10.2. The van der Waals surface area contributed by atoms with E-state index in [4.69, 9.17) is 5.84 Å². The van der Waals surface area contributed by atoms with Crippen LogP contribution in [-0.4, -0.2) is 22.8 Å². The molecule has 1 atom stereocenters. The number of halogens is 1. The van der Waals surface area contributed by atoms with E-state index in [1.165, 1.54) is 0 Å². The van der Waals surface area contributed by atoms with Crippen molar-refractivity contribution in [2.75, 3.05) is 12.5 Å². The summed E-state index contributed by atoms with van der Waals surface area (Å²) in [5.41, 5.74) is 2.89. The van der Waals surface area contributed by atoms with E-state index in [1.54, 1.807) is 35.5 Å². The molecule has 0 spiro atoms. The van der Waals surface area contributed by atoms with Crippen LogP contribution in [0.3, 0.4) is 0 Å². The van der Waals surface area contributed by atoms with Gasteiger partial charge in [0.1, 0.15) is 0 Å². The second-order valence-corrected chi connectivity index (χ2v) is 6.20. The molecule has 0 saturated carbocycles. The van der Waals surface area contributed by atoms with Crippen molar-refractivity contribution in [1.29, 1.82) is 0 Å². The zero-order chi connectivity index (χ0) is 14.7. The summed E-state index contributed by atoms with van der Waals surface area (Å²) in [7, 11) is 1.77. The van der Waals surface area contributed by atoms with Crippen molar-refractivity contribution in [3.8, 4) is 0 Å². The van der Waals surface area contributed by atoms with Crippen LogP contribution in [0, 0.1) is 0 Å². The van der Waals surface area contributed by atoms with E-state index in [0.717, 1.165) is 9.35 Å². The lowest BCUT2D eigenvalue weighted by molar-refractivity contribution is 0.0745. The van der Waals surface area contributed by atoms with Crippen LogP contribution in [0.25, 0.3) is 0 Å². The summed E-state index contributed by atoms with van der Waals surface area (Å²) in [6.07, 6.45) is 1.59. The fourth-order valence-electron chi connectivity index (χ4n) is 1.80. The molecule has 0 saturated heterocycles. The summed E-state index contributed by atoms with van der Waals surface area (Å²) in [6.45, 7) is 1.99. The fourth-order valence-corrected chi connectivity index (χ4v) is 2.96. The Morgan fingerprint density at radius 3 is 2.95 bits per heavy atom. The molecule has 7 heteroatoms. The summed E-state index contributed by atoms with van der Waals surface area (Å²) >= 11 is 4.94. The standard InChI is InChI=1S/C13H15BrN4OS/c1-8(11-4-3-5-20-11)18(2)13(19)10-6-9(14)7-16-12(10)17-15/h3-8H,15H2,1-2H3,(H,16,17). The molecule has 0 aliphatic rings. The summed E-state index contributed by atoms with van der Waals surface area (Å²) < 4.78 is 0.733. The van der Waals surface area contributed by atoms with Crippen molar-refractivity contribution in [1.82, 2.24) is 9.88 Å². The number of amides is 1. The fraction of sp³-hybridized carbons (Fsp3) is 0.231. The summed E-state index contributed by atoms with van der Waals surface area (Å²) in [4.78, 5) is 19.5. The minimum absolute atomic E-state index is 0.00731. The van der Waals surface area contributed by atoms with Crippen molar-refractivity contribution in [3.63, 3.8) is 0 Å². The minimum atomic E-state index is -0.132. The first-order valence-electron chi connectivity index (χ1n) is 5.97. The van der Waals surface area contributed by atoms with Gasteiger partial charge in [0.25, 0.3) is 5.91 Å². The van der Waals surface area contributed by atoms with Gasteiger partial charge in [-0.15, -0.1) is 11.3 Å². The zero-order valence-electron chi connectivity index (χ0n) is 11.1. The van der Waals surface area contributed by atoms with Gasteiger partial charge in [0.2, 0.25) is 0 Å². The van der Waals surface area contributed by atoms with Gasteiger partial charge in [-0.2, -0.15) is 0 Å². The normalized spacial score (nSPS) is 12.0. The number of nitrogen functional groups attached to an aromatic ring is 1.